The number of alkyl carbamates (subject to hydrolysis) is 1. The number of ether oxygens (including phenoxy) is 1. The second-order valence-corrected chi connectivity index (χ2v) is 9.81. The molecule has 0 spiro atoms. The van der Waals surface area contributed by atoms with Gasteiger partial charge in [0.1, 0.15) is 5.60 Å². The number of primary sulfonamides is 1. The molecule has 0 saturated carbocycles. The molecule has 1 rings (SSSR count). The Morgan fingerprint density at radius 1 is 1.10 bits per heavy atom. The van der Waals surface area contributed by atoms with Crippen molar-refractivity contribution in [2.75, 3.05) is 13.1 Å². The zero-order valence-electron chi connectivity index (χ0n) is 18.4. The smallest absolute Gasteiger partial charge is 0.408 e. The average Bonchev–Trinajstić information content (AvgIpc) is 2.54. The first-order valence-corrected chi connectivity index (χ1v) is 10.9. The third-order valence-electron chi connectivity index (χ3n) is 3.55. The SMILES string of the molecule is CCNC(=NCc1ccc(S(N)(=O)=O)cc1)NCC(C)(C)NC(=O)OC(C)(C)C.I. The summed E-state index contributed by atoms with van der Waals surface area (Å²) in [7, 11) is -3.71. The molecule has 30 heavy (non-hydrogen) atoms. The van der Waals surface area contributed by atoms with E-state index in [0.29, 0.717) is 25.6 Å². The van der Waals surface area contributed by atoms with Crippen molar-refractivity contribution in [1.29, 1.82) is 0 Å². The van der Waals surface area contributed by atoms with E-state index >= 15 is 0 Å². The molecule has 172 valence electrons. The van der Waals surface area contributed by atoms with Crippen molar-refractivity contribution in [3.63, 3.8) is 0 Å². The molecule has 0 saturated heterocycles. The summed E-state index contributed by atoms with van der Waals surface area (Å²) in [6.45, 7) is 12.6. The maximum absolute atomic E-state index is 12.0. The molecule has 0 bridgehead atoms. The molecule has 1 amide bonds. The van der Waals surface area contributed by atoms with Crippen LogP contribution in [0.2, 0.25) is 0 Å². The Hall–Kier alpha value is -1.60. The van der Waals surface area contributed by atoms with Gasteiger partial charge in [0.15, 0.2) is 5.96 Å². The fourth-order valence-electron chi connectivity index (χ4n) is 2.23. The molecular formula is C19H34IN5O4S. The van der Waals surface area contributed by atoms with Crippen molar-refractivity contribution in [3.8, 4) is 0 Å². The second kappa shape index (κ2) is 11.7. The minimum atomic E-state index is -3.71. The van der Waals surface area contributed by atoms with Gasteiger partial charge in [0.25, 0.3) is 0 Å². The lowest BCUT2D eigenvalue weighted by Gasteiger charge is -2.29. The molecule has 5 N–H and O–H groups in total. The van der Waals surface area contributed by atoms with Gasteiger partial charge in [0.05, 0.1) is 17.0 Å². The molecule has 1 aromatic carbocycles. The van der Waals surface area contributed by atoms with Crippen LogP contribution in [0.1, 0.15) is 47.1 Å². The molecule has 0 heterocycles. The molecular weight excluding hydrogens is 521 g/mol. The maximum atomic E-state index is 12.0. The van der Waals surface area contributed by atoms with Crippen LogP contribution in [-0.2, 0) is 21.3 Å². The Morgan fingerprint density at radius 2 is 1.67 bits per heavy atom. The molecule has 11 heteroatoms. The number of guanidine groups is 1. The average molecular weight is 555 g/mol. The lowest BCUT2D eigenvalue weighted by atomic mass is 10.1. The lowest BCUT2D eigenvalue weighted by molar-refractivity contribution is 0.0474. The van der Waals surface area contributed by atoms with E-state index in [1.54, 1.807) is 12.1 Å². The number of carbonyl (C=O) groups is 1. The van der Waals surface area contributed by atoms with Crippen molar-refractivity contribution in [2.45, 2.75) is 64.1 Å². The monoisotopic (exact) mass is 555 g/mol. The van der Waals surface area contributed by atoms with Gasteiger partial charge in [0, 0.05) is 13.1 Å². The van der Waals surface area contributed by atoms with Crippen LogP contribution in [0.25, 0.3) is 0 Å². The van der Waals surface area contributed by atoms with Crippen LogP contribution in [0.4, 0.5) is 4.79 Å². The predicted octanol–water partition coefficient (Wildman–Crippen LogP) is 2.31. The summed E-state index contributed by atoms with van der Waals surface area (Å²) in [6.07, 6.45) is -0.485. The highest BCUT2D eigenvalue weighted by molar-refractivity contribution is 14.0. The Labute approximate surface area is 196 Å². The zero-order valence-corrected chi connectivity index (χ0v) is 21.6. The van der Waals surface area contributed by atoms with E-state index in [1.807, 2.05) is 41.5 Å². The number of nitrogens with one attached hydrogen (secondary N) is 3. The van der Waals surface area contributed by atoms with E-state index in [4.69, 9.17) is 9.88 Å². The minimum Gasteiger partial charge on any atom is -0.444 e. The van der Waals surface area contributed by atoms with Crippen LogP contribution in [0.15, 0.2) is 34.2 Å². The van der Waals surface area contributed by atoms with E-state index < -0.39 is 27.3 Å². The molecule has 0 aliphatic rings. The van der Waals surface area contributed by atoms with E-state index in [1.165, 1.54) is 12.1 Å². The second-order valence-electron chi connectivity index (χ2n) is 8.25. The van der Waals surface area contributed by atoms with Crippen LogP contribution in [0.3, 0.4) is 0 Å². The van der Waals surface area contributed by atoms with E-state index in [-0.39, 0.29) is 28.9 Å². The lowest BCUT2D eigenvalue weighted by Crippen LogP contribution is -2.54. The van der Waals surface area contributed by atoms with Crippen molar-refractivity contribution in [3.05, 3.63) is 29.8 Å². The normalized spacial score (nSPS) is 12.6. The summed E-state index contributed by atoms with van der Waals surface area (Å²) < 4.78 is 27.9. The highest BCUT2D eigenvalue weighted by Crippen LogP contribution is 2.10. The number of hydrogen-bond acceptors (Lipinski definition) is 5. The Bertz CT molecular complexity index is 818. The number of hydrogen-bond donors (Lipinski definition) is 4. The molecule has 0 atom stereocenters. The van der Waals surface area contributed by atoms with Gasteiger partial charge in [0.2, 0.25) is 10.0 Å². The van der Waals surface area contributed by atoms with Crippen molar-refractivity contribution >= 4 is 46.1 Å². The first-order valence-electron chi connectivity index (χ1n) is 9.37. The molecule has 1 aromatic rings. The Morgan fingerprint density at radius 3 is 2.13 bits per heavy atom. The van der Waals surface area contributed by atoms with Crippen LogP contribution < -0.4 is 21.1 Å². The van der Waals surface area contributed by atoms with E-state index in [0.717, 1.165) is 5.56 Å². The standard InChI is InChI=1S/C19H33N5O4S.HI/c1-7-21-16(22-12-14-8-10-15(11-9-14)29(20,26)27)23-13-19(5,6)24-17(25)28-18(2,3)4;/h8-11H,7,12-13H2,1-6H3,(H,24,25)(H2,20,26,27)(H2,21,22,23);1H. The topological polar surface area (TPSA) is 135 Å². The van der Waals surface area contributed by atoms with Crippen LogP contribution >= 0.6 is 24.0 Å². The van der Waals surface area contributed by atoms with Gasteiger partial charge in [-0.1, -0.05) is 12.1 Å². The van der Waals surface area contributed by atoms with Crippen LogP contribution in [0, 0.1) is 0 Å². The number of rotatable bonds is 7. The summed E-state index contributed by atoms with van der Waals surface area (Å²) in [5.74, 6) is 0.571. The third-order valence-corrected chi connectivity index (χ3v) is 4.48. The predicted molar refractivity (Wildman–Crippen MR) is 129 cm³/mol. The van der Waals surface area contributed by atoms with E-state index in [9.17, 15) is 13.2 Å². The number of halogens is 1. The summed E-state index contributed by atoms with van der Waals surface area (Å²) in [5, 5.41) is 14.3. The molecule has 0 unspecified atom stereocenters. The fraction of sp³-hybridized carbons (Fsp3) is 0.579. The summed E-state index contributed by atoms with van der Waals surface area (Å²) in [5.41, 5.74) is -0.306. The molecule has 0 radical (unpaired) electrons. The molecule has 0 fully saturated rings. The van der Waals surface area contributed by atoms with Gasteiger partial charge in [-0.25, -0.2) is 23.3 Å². The molecule has 9 nitrogen and oxygen atoms in total. The number of nitrogens with zero attached hydrogens (tertiary/aromatic N) is 1. The van der Waals surface area contributed by atoms with Crippen LogP contribution in [-0.4, -0.2) is 44.7 Å². The number of carbonyl (C=O) groups excluding carboxylic acids is 1. The largest absolute Gasteiger partial charge is 0.444 e. The fourth-order valence-corrected chi connectivity index (χ4v) is 2.74. The van der Waals surface area contributed by atoms with Gasteiger partial charge < -0.3 is 20.7 Å². The van der Waals surface area contributed by atoms with Gasteiger partial charge in [-0.05, 0) is 59.2 Å². The number of sulfonamides is 1. The Kier molecular flexibility index (Phi) is 11.1. The summed E-state index contributed by atoms with van der Waals surface area (Å²) in [4.78, 5) is 16.5. The first kappa shape index (κ1) is 28.4. The number of nitrogens with two attached hydrogens (primary N) is 1. The van der Waals surface area contributed by atoms with Crippen LogP contribution in [0.5, 0.6) is 0 Å². The Balaban J connectivity index is 0.00000841. The molecule has 0 aliphatic heterocycles. The quantitative estimate of drug-likeness (QED) is 0.232. The first-order chi connectivity index (χ1) is 13.2. The summed E-state index contributed by atoms with van der Waals surface area (Å²) >= 11 is 0. The number of benzene rings is 1. The highest BCUT2D eigenvalue weighted by atomic mass is 127. The maximum Gasteiger partial charge on any atom is 0.408 e. The number of amides is 1. The zero-order chi connectivity index (χ0) is 22.3. The van der Waals surface area contributed by atoms with Gasteiger partial charge >= 0.3 is 6.09 Å². The van der Waals surface area contributed by atoms with Gasteiger partial charge in [-0.2, -0.15) is 0 Å². The van der Waals surface area contributed by atoms with Gasteiger partial charge in [-0.3, -0.25) is 0 Å². The van der Waals surface area contributed by atoms with Gasteiger partial charge in [-0.15, -0.1) is 24.0 Å². The highest BCUT2D eigenvalue weighted by Gasteiger charge is 2.24. The molecule has 0 aliphatic carbocycles. The third kappa shape index (κ3) is 11.6. The van der Waals surface area contributed by atoms with Crippen molar-refractivity contribution in [1.82, 2.24) is 16.0 Å². The summed E-state index contributed by atoms with van der Waals surface area (Å²) in [6, 6.07) is 6.24. The minimum absolute atomic E-state index is 0. The number of aliphatic imine (C=N–C) groups is 1. The van der Waals surface area contributed by atoms with Crippen molar-refractivity contribution in [2.24, 2.45) is 10.1 Å². The van der Waals surface area contributed by atoms with Crippen molar-refractivity contribution < 1.29 is 17.9 Å². The van der Waals surface area contributed by atoms with E-state index in [2.05, 4.69) is 20.9 Å². The molecule has 0 aromatic heterocycles.